The maximum absolute atomic E-state index is 4.08. The van der Waals surface area contributed by atoms with Crippen molar-refractivity contribution in [2.45, 2.75) is 34.6 Å². The Kier molecular flexibility index (Phi) is 7.78. The van der Waals surface area contributed by atoms with Gasteiger partial charge >= 0.3 is 0 Å². The van der Waals surface area contributed by atoms with Crippen LogP contribution in [0.25, 0.3) is 0 Å². The summed E-state index contributed by atoms with van der Waals surface area (Å²) in [5.41, 5.74) is 3.62. The lowest BCUT2D eigenvalue weighted by Gasteiger charge is -1.89. The molecule has 0 aliphatic heterocycles. The quantitative estimate of drug-likeness (QED) is 0.670. The normalized spacial score (nSPS) is 8.59. The highest BCUT2D eigenvalue weighted by atomic mass is 14.9. The van der Waals surface area contributed by atoms with Gasteiger partial charge in [-0.05, 0) is 44.0 Å². The summed E-state index contributed by atoms with van der Waals surface area (Å²) in [6.07, 6.45) is 5.99. The molecule has 2 heteroatoms. The number of aryl methyl sites for hydroxylation is 4. The van der Waals surface area contributed by atoms with Gasteiger partial charge in [0.05, 0.1) is 0 Å². The van der Waals surface area contributed by atoms with Gasteiger partial charge in [-0.2, -0.15) is 0 Å². The van der Waals surface area contributed by atoms with Crippen LogP contribution < -0.4 is 0 Å². The molecule has 0 spiro atoms. The van der Waals surface area contributed by atoms with Crippen LogP contribution in [0, 0.1) is 20.8 Å². The Hall–Kier alpha value is -1.57. The van der Waals surface area contributed by atoms with Crippen molar-refractivity contribution in [1.82, 2.24) is 9.55 Å². The van der Waals surface area contributed by atoms with E-state index in [1.807, 2.05) is 57.8 Å². The molecule has 2 rings (SSSR count). The number of rotatable bonds is 0. The summed E-state index contributed by atoms with van der Waals surface area (Å²) >= 11 is 0. The molecule has 0 N–H and O–H groups in total. The Morgan fingerprint density at radius 2 is 1.59 bits per heavy atom. The van der Waals surface area contributed by atoms with Gasteiger partial charge in [-0.1, -0.05) is 19.9 Å². The van der Waals surface area contributed by atoms with Crippen molar-refractivity contribution in [2.75, 3.05) is 0 Å². The van der Waals surface area contributed by atoms with Crippen LogP contribution in [0.2, 0.25) is 0 Å². The largest absolute Gasteiger partial charge is 0.357 e. The van der Waals surface area contributed by atoms with Crippen LogP contribution in [0.4, 0.5) is 0 Å². The number of nitrogens with zero attached hydrogens (tertiary/aromatic N) is 2. The summed E-state index contributed by atoms with van der Waals surface area (Å²) in [7, 11) is 2.02. The van der Waals surface area contributed by atoms with Gasteiger partial charge in [0.25, 0.3) is 0 Å². The van der Waals surface area contributed by atoms with Gasteiger partial charge in [-0.3, -0.25) is 4.98 Å². The van der Waals surface area contributed by atoms with Crippen LogP contribution in [0.15, 0.2) is 36.8 Å². The molecule has 2 aromatic heterocycles. The minimum Gasteiger partial charge on any atom is -0.357 e. The lowest BCUT2D eigenvalue weighted by molar-refractivity contribution is 0.925. The van der Waals surface area contributed by atoms with Gasteiger partial charge < -0.3 is 4.57 Å². The molecule has 2 aromatic rings. The standard InChI is InChI=1S/C7H9N.C6H9N.C2H6/c1-6-3-4-7(2)8-5-6;1-6-3-4-7(2)5-6;1-2/h3-5H,1-2H3;3-5H,1-2H3;1-2H3. The van der Waals surface area contributed by atoms with Gasteiger partial charge in [0.1, 0.15) is 0 Å². The summed E-state index contributed by atoms with van der Waals surface area (Å²) in [4.78, 5) is 4.08. The average Bonchev–Trinajstić information content (AvgIpc) is 2.70. The zero-order valence-corrected chi connectivity index (χ0v) is 11.9. The minimum atomic E-state index is 1.08. The smallest absolute Gasteiger partial charge is 0.0372 e. The van der Waals surface area contributed by atoms with E-state index in [0.717, 1.165) is 5.69 Å². The van der Waals surface area contributed by atoms with Crippen molar-refractivity contribution >= 4 is 0 Å². The van der Waals surface area contributed by atoms with E-state index in [1.165, 1.54) is 11.1 Å². The summed E-state index contributed by atoms with van der Waals surface area (Å²) in [6, 6.07) is 6.15. The second-order valence-electron chi connectivity index (χ2n) is 3.83. The third-order valence-corrected chi connectivity index (χ3v) is 2.04. The van der Waals surface area contributed by atoms with E-state index in [4.69, 9.17) is 0 Å². The zero-order chi connectivity index (χ0) is 13.3. The lowest BCUT2D eigenvalue weighted by Crippen LogP contribution is -1.78. The van der Waals surface area contributed by atoms with Crippen molar-refractivity contribution < 1.29 is 0 Å². The van der Waals surface area contributed by atoms with E-state index < -0.39 is 0 Å². The van der Waals surface area contributed by atoms with E-state index in [0.29, 0.717) is 0 Å². The third kappa shape index (κ3) is 7.34. The van der Waals surface area contributed by atoms with Crippen molar-refractivity contribution in [3.8, 4) is 0 Å². The monoisotopic (exact) mass is 232 g/mol. The summed E-state index contributed by atoms with van der Waals surface area (Å²) in [5, 5.41) is 0. The Morgan fingerprint density at radius 1 is 0.941 bits per heavy atom. The number of hydrogen-bond acceptors (Lipinski definition) is 1. The first-order chi connectivity index (χ1) is 8.08. The van der Waals surface area contributed by atoms with E-state index >= 15 is 0 Å². The summed E-state index contributed by atoms with van der Waals surface area (Å²) in [6.45, 7) is 10.1. The lowest BCUT2D eigenvalue weighted by atomic mass is 10.3. The van der Waals surface area contributed by atoms with Gasteiger partial charge in [-0.25, -0.2) is 0 Å². The zero-order valence-electron chi connectivity index (χ0n) is 11.9. The van der Waals surface area contributed by atoms with Crippen LogP contribution in [0.1, 0.15) is 30.7 Å². The first kappa shape index (κ1) is 15.4. The van der Waals surface area contributed by atoms with Gasteiger partial charge in [0.2, 0.25) is 0 Å². The Bertz CT molecular complexity index is 362. The first-order valence-corrected chi connectivity index (χ1v) is 6.06. The fourth-order valence-electron chi connectivity index (χ4n) is 1.18. The molecule has 0 aliphatic carbocycles. The van der Waals surface area contributed by atoms with E-state index in [2.05, 4.69) is 30.2 Å². The van der Waals surface area contributed by atoms with E-state index in [1.54, 1.807) is 0 Å². The van der Waals surface area contributed by atoms with Crippen LogP contribution in [0.3, 0.4) is 0 Å². The van der Waals surface area contributed by atoms with Crippen molar-refractivity contribution in [1.29, 1.82) is 0 Å². The summed E-state index contributed by atoms with van der Waals surface area (Å²) < 4.78 is 2.04. The molecular weight excluding hydrogens is 208 g/mol. The van der Waals surface area contributed by atoms with E-state index in [-0.39, 0.29) is 0 Å². The molecule has 17 heavy (non-hydrogen) atoms. The molecule has 0 amide bonds. The van der Waals surface area contributed by atoms with Crippen LogP contribution in [-0.2, 0) is 7.05 Å². The molecule has 2 nitrogen and oxygen atoms in total. The molecule has 0 bridgehead atoms. The molecule has 2 heterocycles. The third-order valence-electron chi connectivity index (χ3n) is 2.04. The van der Waals surface area contributed by atoms with Crippen molar-refractivity contribution in [3.63, 3.8) is 0 Å². The second-order valence-corrected chi connectivity index (χ2v) is 3.83. The van der Waals surface area contributed by atoms with Crippen LogP contribution in [-0.4, -0.2) is 9.55 Å². The van der Waals surface area contributed by atoms with Crippen molar-refractivity contribution in [3.05, 3.63) is 53.6 Å². The van der Waals surface area contributed by atoms with Crippen LogP contribution in [0.5, 0.6) is 0 Å². The maximum Gasteiger partial charge on any atom is 0.0372 e. The molecule has 0 saturated carbocycles. The number of hydrogen-bond donors (Lipinski definition) is 0. The Morgan fingerprint density at radius 3 is 1.82 bits per heavy atom. The predicted molar refractivity (Wildman–Crippen MR) is 75.2 cm³/mol. The Labute approximate surface area is 105 Å². The molecule has 0 unspecified atom stereocenters. The van der Waals surface area contributed by atoms with Gasteiger partial charge in [-0.15, -0.1) is 0 Å². The average molecular weight is 232 g/mol. The topological polar surface area (TPSA) is 17.8 Å². The molecule has 0 saturated heterocycles. The predicted octanol–water partition coefficient (Wildman–Crippen LogP) is 4.06. The second kappa shape index (κ2) is 8.57. The number of aromatic nitrogens is 2. The molecule has 0 atom stereocenters. The molecule has 0 aliphatic rings. The van der Waals surface area contributed by atoms with Crippen LogP contribution >= 0.6 is 0 Å². The number of pyridine rings is 1. The first-order valence-electron chi connectivity index (χ1n) is 6.06. The fourth-order valence-corrected chi connectivity index (χ4v) is 1.18. The highest BCUT2D eigenvalue weighted by Gasteiger charge is 1.81. The minimum absolute atomic E-state index is 1.08. The maximum atomic E-state index is 4.08. The molecular formula is C15H24N2. The van der Waals surface area contributed by atoms with Crippen molar-refractivity contribution in [2.24, 2.45) is 7.05 Å². The molecule has 0 radical (unpaired) electrons. The molecule has 94 valence electrons. The molecule has 0 fully saturated rings. The van der Waals surface area contributed by atoms with E-state index in [9.17, 15) is 0 Å². The van der Waals surface area contributed by atoms with Gasteiger partial charge in [0, 0.05) is 31.3 Å². The summed E-state index contributed by atoms with van der Waals surface area (Å²) in [5.74, 6) is 0. The van der Waals surface area contributed by atoms with Gasteiger partial charge in [0.15, 0.2) is 0 Å². The fraction of sp³-hybridized carbons (Fsp3) is 0.400. The highest BCUT2D eigenvalue weighted by molar-refractivity contribution is 5.10. The SMILES string of the molecule is CC.Cc1ccc(C)nc1.Cc1ccn(C)c1. The highest BCUT2D eigenvalue weighted by Crippen LogP contribution is 1.94. The Balaban J connectivity index is 0.000000265. The molecule has 0 aromatic carbocycles.